The molecule has 2 atom stereocenters. The molecule has 0 bridgehead atoms. The number of aromatic amines is 1. The van der Waals surface area contributed by atoms with Crippen molar-refractivity contribution in [2.45, 2.75) is 19.4 Å². The molecule has 2 aromatic rings. The van der Waals surface area contributed by atoms with Gasteiger partial charge in [-0.2, -0.15) is 0 Å². The minimum atomic E-state index is -0.225. The van der Waals surface area contributed by atoms with E-state index in [0.717, 1.165) is 13.0 Å². The van der Waals surface area contributed by atoms with Gasteiger partial charge in [-0.05, 0) is 25.3 Å². The third-order valence-corrected chi connectivity index (χ3v) is 4.76. The van der Waals surface area contributed by atoms with Gasteiger partial charge in [0.2, 0.25) is 5.91 Å². The van der Waals surface area contributed by atoms with Gasteiger partial charge in [0.1, 0.15) is 11.3 Å². The number of likely N-dealkylation sites (tertiary alicyclic amines) is 1. The minimum absolute atomic E-state index is 0.0330. The van der Waals surface area contributed by atoms with E-state index in [2.05, 4.69) is 32.2 Å². The zero-order valence-electron chi connectivity index (χ0n) is 16.2. The Labute approximate surface area is 163 Å². The van der Waals surface area contributed by atoms with E-state index in [0.29, 0.717) is 48.2 Å². The number of rotatable bonds is 8. The summed E-state index contributed by atoms with van der Waals surface area (Å²) >= 11 is 0. The Kier molecular flexibility index (Phi) is 6.25. The first-order valence-electron chi connectivity index (χ1n) is 9.31. The van der Waals surface area contributed by atoms with Gasteiger partial charge in [0.15, 0.2) is 5.65 Å². The molecule has 1 saturated heterocycles. The molecule has 1 aliphatic rings. The fraction of sp³-hybridized carbons (Fsp3) is 0.474. The van der Waals surface area contributed by atoms with Crippen LogP contribution in [0.4, 0.5) is 5.82 Å². The van der Waals surface area contributed by atoms with Crippen molar-refractivity contribution in [1.29, 1.82) is 0 Å². The summed E-state index contributed by atoms with van der Waals surface area (Å²) in [6.07, 6.45) is 5.52. The normalized spacial score (nSPS) is 17.5. The van der Waals surface area contributed by atoms with Gasteiger partial charge in [-0.3, -0.25) is 9.59 Å². The fourth-order valence-electron chi connectivity index (χ4n) is 3.32. The zero-order chi connectivity index (χ0) is 20.1. The molecule has 1 fully saturated rings. The number of methoxy groups -OCH3 is 1. The average Bonchev–Trinajstić information content (AvgIpc) is 3.32. The van der Waals surface area contributed by atoms with Crippen molar-refractivity contribution in [3.8, 4) is 0 Å². The maximum atomic E-state index is 12.5. The molecule has 0 saturated carbocycles. The van der Waals surface area contributed by atoms with Crippen LogP contribution in [0.25, 0.3) is 11.2 Å². The van der Waals surface area contributed by atoms with E-state index < -0.39 is 0 Å². The number of nitrogens with zero attached hydrogens (tertiary/aromatic N) is 3. The standard InChI is InChI=1S/C19H26N6O3/c1-4-16(26)25-6-5-13(10-25)7-20-15-9-22-18-17(24-15)14(8-21-18)19(27)23-12(2)11-28-3/h4,8-9,12-13H,1,5-7,10-11H2,2-3H3,(H,20,24)(H,21,22)(H,23,27)/t12-,13?/m0/s1. The first-order chi connectivity index (χ1) is 13.5. The number of carbonyl (C=O) groups is 2. The van der Waals surface area contributed by atoms with Crippen LogP contribution in [-0.4, -0.2) is 71.1 Å². The van der Waals surface area contributed by atoms with Gasteiger partial charge in [-0.15, -0.1) is 0 Å². The first-order valence-corrected chi connectivity index (χ1v) is 9.31. The number of fused-ring (bicyclic) bond motifs is 1. The Morgan fingerprint density at radius 2 is 2.36 bits per heavy atom. The number of nitrogens with one attached hydrogen (secondary N) is 3. The highest BCUT2D eigenvalue weighted by Gasteiger charge is 2.24. The molecule has 3 rings (SSSR count). The second-order valence-corrected chi connectivity index (χ2v) is 7.01. The van der Waals surface area contributed by atoms with Crippen molar-refractivity contribution < 1.29 is 14.3 Å². The second kappa shape index (κ2) is 8.83. The summed E-state index contributed by atoms with van der Waals surface area (Å²) in [6.45, 7) is 7.95. The smallest absolute Gasteiger partial charge is 0.255 e. The number of ether oxygens (including phenoxy) is 1. The molecule has 1 aliphatic heterocycles. The predicted octanol–water partition coefficient (Wildman–Crippen LogP) is 1.17. The molecule has 9 heteroatoms. The maximum absolute atomic E-state index is 12.5. The highest BCUT2D eigenvalue weighted by atomic mass is 16.5. The number of hydrogen-bond donors (Lipinski definition) is 3. The Balaban J connectivity index is 1.64. The molecule has 2 aromatic heterocycles. The van der Waals surface area contributed by atoms with Crippen molar-refractivity contribution in [2.24, 2.45) is 5.92 Å². The van der Waals surface area contributed by atoms with Gasteiger partial charge >= 0.3 is 0 Å². The van der Waals surface area contributed by atoms with E-state index in [-0.39, 0.29) is 17.9 Å². The largest absolute Gasteiger partial charge is 0.383 e. The molecule has 3 N–H and O–H groups in total. The van der Waals surface area contributed by atoms with Crippen molar-refractivity contribution in [3.05, 3.63) is 30.6 Å². The minimum Gasteiger partial charge on any atom is -0.383 e. The van der Waals surface area contributed by atoms with Crippen molar-refractivity contribution in [3.63, 3.8) is 0 Å². The second-order valence-electron chi connectivity index (χ2n) is 7.01. The summed E-state index contributed by atoms with van der Waals surface area (Å²) in [5.41, 5.74) is 1.51. The lowest BCUT2D eigenvalue weighted by Gasteiger charge is -2.15. The summed E-state index contributed by atoms with van der Waals surface area (Å²) in [6, 6.07) is -0.111. The highest BCUT2D eigenvalue weighted by molar-refractivity contribution is 6.04. The van der Waals surface area contributed by atoms with Crippen LogP contribution in [0, 0.1) is 5.92 Å². The monoisotopic (exact) mass is 386 g/mol. The number of hydrogen-bond acceptors (Lipinski definition) is 6. The molecule has 2 amide bonds. The molecule has 9 nitrogen and oxygen atoms in total. The van der Waals surface area contributed by atoms with E-state index in [1.54, 1.807) is 24.4 Å². The molecule has 150 valence electrons. The number of amides is 2. The topological polar surface area (TPSA) is 112 Å². The van der Waals surface area contributed by atoms with Crippen LogP contribution in [-0.2, 0) is 9.53 Å². The molecular weight excluding hydrogens is 360 g/mol. The molecule has 0 radical (unpaired) electrons. The first kappa shape index (κ1) is 19.8. The summed E-state index contributed by atoms with van der Waals surface area (Å²) in [5, 5.41) is 6.15. The molecule has 3 heterocycles. The van der Waals surface area contributed by atoms with Crippen molar-refractivity contribution in [2.75, 3.05) is 38.7 Å². The molecular formula is C19H26N6O3. The van der Waals surface area contributed by atoms with E-state index >= 15 is 0 Å². The third kappa shape index (κ3) is 4.48. The number of anilines is 1. The van der Waals surface area contributed by atoms with Crippen LogP contribution >= 0.6 is 0 Å². The van der Waals surface area contributed by atoms with E-state index in [4.69, 9.17) is 4.74 Å². The average molecular weight is 386 g/mol. The molecule has 0 aliphatic carbocycles. The van der Waals surface area contributed by atoms with Gasteiger partial charge in [-0.25, -0.2) is 9.97 Å². The molecule has 0 spiro atoms. The van der Waals surface area contributed by atoms with Crippen molar-refractivity contribution in [1.82, 2.24) is 25.2 Å². The van der Waals surface area contributed by atoms with Gasteiger partial charge < -0.3 is 25.3 Å². The SMILES string of the molecule is C=CC(=O)N1CCC(CNc2cnc3[nH]cc(C(=O)N[C@@H](C)COC)c3n2)C1. The van der Waals surface area contributed by atoms with Crippen molar-refractivity contribution >= 4 is 28.8 Å². The Hall–Kier alpha value is -2.94. The van der Waals surface area contributed by atoms with Crippen LogP contribution in [0.1, 0.15) is 23.7 Å². The summed E-state index contributed by atoms with van der Waals surface area (Å²) in [7, 11) is 1.59. The maximum Gasteiger partial charge on any atom is 0.255 e. The lowest BCUT2D eigenvalue weighted by atomic mass is 10.1. The van der Waals surface area contributed by atoms with Crippen LogP contribution in [0.3, 0.4) is 0 Å². The predicted molar refractivity (Wildman–Crippen MR) is 106 cm³/mol. The van der Waals surface area contributed by atoms with E-state index in [9.17, 15) is 9.59 Å². The van der Waals surface area contributed by atoms with E-state index in [1.807, 2.05) is 6.92 Å². The summed E-state index contributed by atoms with van der Waals surface area (Å²) in [5.74, 6) is 0.677. The lowest BCUT2D eigenvalue weighted by Crippen LogP contribution is -2.35. The van der Waals surface area contributed by atoms with Crippen LogP contribution < -0.4 is 10.6 Å². The van der Waals surface area contributed by atoms with Gasteiger partial charge in [-0.1, -0.05) is 6.58 Å². The number of aromatic nitrogens is 3. The molecule has 0 aromatic carbocycles. The zero-order valence-corrected chi connectivity index (χ0v) is 16.2. The van der Waals surface area contributed by atoms with Crippen LogP contribution in [0.2, 0.25) is 0 Å². The number of H-pyrrole nitrogens is 1. The Morgan fingerprint density at radius 3 is 3.11 bits per heavy atom. The van der Waals surface area contributed by atoms with E-state index in [1.165, 1.54) is 6.08 Å². The summed E-state index contributed by atoms with van der Waals surface area (Å²) < 4.78 is 5.05. The highest BCUT2D eigenvalue weighted by Crippen LogP contribution is 2.19. The van der Waals surface area contributed by atoms with Gasteiger partial charge in [0.05, 0.1) is 18.4 Å². The Morgan fingerprint density at radius 1 is 1.54 bits per heavy atom. The Bertz CT molecular complexity index is 864. The fourth-order valence-corrected chi connectivity index (χ4v) is 3.32. The molecule has 1 unspecified atom stereocenters. The quantitative estimate of drug-likeness (QED) is 0.587. The molecule has 28 heavy (non-hydrogen) atoms. The van der Waals surface area contributed by atoms with Gasteiger partial charge in [0, 0.05) is 39.0 Å². The lowest BCUT2D eigenvalue weighted by molar-refractivity contribution is -0.125. The van der Waals surface area contributed by atoms with Crippen LogP contribution in [0.5, 0.6) is 0 Å². The van der Waals surface area contributed by atoms with Gasteiger partial charge in [0.25, 0.3) is 5.91 Å². The van der Waals surface area contributed by atoms with Crippen LogP contribution in [0.15, 0.2) is 25.0 Å². The number of carbonyl (C=O) groups excluding carboxylic acids is 2. The summed E-state index contributed by atoms with van der Waals surface area (Å²) in [4.78, 5) is 37.8. The third-order valence-electron chi connectivity index (χ3n) is 4.76.